The molecule has 8 heteroatoms. The van der Waals surface area contributed by atoms with E-state index in [9.17, 15) is 14.7 Å². The first-order chi connectivity index (χ1) is 13.5. The number of likely N-dealkylation sites (tertiary alicyclic amines) is 1. The summed E-state index contributed by atoms with van der Waals surface area (Å²) in [4.78, 5) is 31.8. The van der Waals surface area contributed by atoms with Gasteiger partial charge < -0.3 is 10.4 Å². The maximum atomic E-state index is 12.8. The Morgan fingerprint density at radius 2 is 2.00 bits per heavy atom. The number of carbonyl (C=O) groups excluding carboxylic acids is 1. The Morgan fingerprint density at radius 1 is 1.29 bits per heavy atom. The number of fused-ring (bicyclic) bond motifs is 1. The Kier molecular flexibility index (Phi) is 4.97. The normalized spacial score (nSPS) is 16.9. The number of benzene rings is 1. The molecule has 1 saturated heterocycles. The van der Waals surface area contributed by atoms with Crippen LogP contribution in [-0.2, 0) is 0 Å². The molecule has 1 amide bonds. The van der Waals surface area contributed by atoms with Crippen LogP contribution in [0.3, 0.4) is 0 Å². The summed E-state index contributed by atoms with van der Waals surface area (Å²) in [7, 11) is 0. The van der Waals surface area contributed by atoms with Crippen molar-refractivity contribution in [2.75, 3.05) is 13.1 Å². The van der Waals surface area contributed by atoms with Crippen LogP contribution in [0.15, 0.2) is 47.4 Å². The monoisotopic (exact) mass is 381 g/mol. The summed E-state index contributed by atoms with van der Waals surface area (Å²) < 4.78 is 1.28. The molecule has 0 saturated carbocycles. The highest BCUT2D eigenvalue weighted by atomic mass is 16.3. The molecule has 0 aliphatic carbocycles. The second kappa shape index (κ2) is 7.57. The van der Waals surface area contributed by atoms with Gasteiger partial charge in [-0.15, -0.1) is 0 Å². The highest BCUT2D eigenvalue weighted by molar-refractivity contribution is 6.00. The highest BCUT2D eigenvalue weighted by Crippen LogP contribution is 2.18. The lowest BCUT2D eigenvalue weighted by molar-refractivity contribution is 0.00142. The van der Waals surface area contributed by atoms with Crippen molar-refractivity contribution in [2.45, 2.75) is 32.0 Å². The number of nitrogens with zero attached hydrogens (tertiary/aromatic N) is 3. The first-order valence-electron chi connectivity index (χ1n) is 9.42. The van der Waals surface area contributed by atoms with Crippen molar-refractivity contribution >= 4 is 11.6 Å². The van der Waals surface area contributed by atoms with E-state index in [-0.39, 0.29) is 17.5 Å². The van der Waals surface area contributed by atoms with E-state index >= 15 is 0 Å². The SMILES string of the molecule is CC(O)N1CCC(NC(=O)c2c[nH]n3c(=O)cc(-c4ccccc4)nc23)CC1. The first kappa shape index (κ1) is 18.4. The van der Waals surface area contributed by atoms with Crippen LogP contribution in [0.4, 0.5) is 0 Å². The number of aliphatic hydroxyl groups is 1. The van der Waals surface area contributed by atoms with Crippen LogP contribution in [0.1, 0.15) is 30.1 Å². The number of H-pyrrole nitrogens is 1. The Bertz CT molecular complexity index is 1030. The van der Waals surface area contributed by atoms with E-state index in [0.717, 1.165) is 31.5 Å². The van der Waals surface area contributed by atoms with E-state index in [4.69, 9.17) is 0 Å². The number of aromatic amines is 1. The lowest BCUT2D eigenvalue weighted by Gasteiger charge is -2.33. The van der Waals surface area contributed by atoms with Gasteiger partial charge in [-0.1, -0.05) is 30.3 Å². The second-order valence-electron chi connectivity index (χ2n) is 7.11. The van der Waals surface area contributed by atoms with Crippen molar-refractivity contribution in [1.29, 1.82) is 0 Å². The number of amides is 1. The number of aliphatic hydroxyl groups excluding tert-OH is 1. The molecule has 4 rings (SSSR count). The minimum atomic E-state index is -0.474. The number of aromatic nitrogens is 3. The summed E-state index contributed by atoms with van der Waals surface area (Å²) >= 11 is 0. The third-order valence-electron chi connectivity index (χ3n) is 5.21. The fraction of sp³-hybridized carbons (Fsp3) is 0.350. The van der Waals surface area contributed by atoms with Crippen molar-refractivity contribution in [3.05, 3.63) is 58.5 Å². The van der Waals surface area contributed by atoms with Gasteiger partial charge in [0.2, 0.25) is 0 Å². The summed E-state index contributed by atoms with van der Waals surface area (Å²) in [6.45, 7) is 3.21. The second-order valence-corrected chi connectivity index (χ2v) is 7.11. The Hall–Kier alpha value is -2.97. The molecule has 3 heterocycles. The zero-order chi connectivity index (χ0) is 19.7. The van der Waals surface area contributed by atoms with Gasteiger partial charge in [0.25, 0.3) is 11.5 Å². The molecule has 0 radical (unpaired) electrons. The minimum Gasteiger partial charge on any atom is -0.379 e. The summed E-state index contributed by atoms with van der Waals surface area (Å²) in [6.07, 6.45) is 2.57. The van der Waals surface area contributed by atoms with Crippen molar-refractivity contribution in [3.8, 4) is 11.3 Å². The molecule has 146 valence electrons. The third-order valence-corrected chi connectivity index (χ3v) is 5.21. The van der Waals surface area contributed by atoms with Crippen LogP contribution in [0, 0.1) is 0 Å². The number of piperidine rings is 1. The summed E-state index contributed by atoms with van der Waals surface area (Å²) in [5, 5.41) is 15.5. The number of hydrogen-bond donors (Lipinski definition) is 3. The molecule has 3 N–H and O–H groups in total. The van der Waals surface area contributed by atoms with Gasteiger partial charge >= 0.3 is 0 Å². The molecule has 1 aliphatic rings. The van der Waals surface area contributed by atoms with E-state index in [1.807, 2.05) is 35.2 Å². The van der Waals surface area contributed by atoms with Gasteiger partial charge in [0.05, 0.1) is 5.69 Å². The molecule has 1 aliphatic heterocycles. The van der Waals surface area contributed by atoms with Gasteiger partial charge in [-0.2, -0.15) is 0 Å². The number of nitrogens with one attached hydrogen (secondary N) is 2. The van der Waals surface area contributed by atoms with Gasteiger partial charge in [0.15, 0.2) is 5.65 Å². The maximum absolute atomic E-state index is 12.8. The van der Waals surface area contributed by atoms with E-state index < -0.39 is 6.23 Å². The van der Waals surface area contributed by atoms with Crippen LogP contribution in [0.2, 0.25) is 0 Å². The summed E-state index contributed by atoms with van der Waals surface area (Å²) in [6, 6.07) is 10.9. The van der Waals surface area contributed by atoms with Crippen LogP contribution in [0.25, 0.3) is 16.9 Å². The number of rotatable bonds is 4. The lowest BCUT2D eigenvalue weighted by Crippen LogP contribution is -2.47. The van der Waals surface area contributed by atoms with Crippen molar-refractivity contribution in [1.82, 2.24) is 24.8 Å². The zero-order valence-corrected chi connectivity index (χ0v) is 15.6. The van der Waals surface area contributed by atoms with Crippen molar-refractivity contribution in [2.24, 2.45) is 0 Å². The largest absolute Gasteiger partial charge is 0.379 e. The van der Waals surface area contributed by atoms with Crippen molar-refractivity contribution < 1.29 is 9.90 Å². The fourth-order valence-electron chi connectivity index (χ4n) is 3.59. The number of carbonyl (C=O) groups is 1. The van der Waals surface area contributed by atoms with Crippen LogP contribution in [0.5, 0.6) is 0 Å². The van der Waals surface area contributed by atoms with Gasteiger partial charge in [-0.05, 0) is 19.8 Å². The average molecular weight is 381 g/mol. The van der Waals surface area contributed by atoms with E-state index in [1.165, 1.54) is 16.8 Å². The molecule has 0 bridgehead atoms. The molecule has 1 atom stereocenters. The Balaban J connectivity index is 1.58. The molecule has 28 heavy (non-hydrogen) atoms. The molecular formula is C20H23N5O3. The lowest BCUT2D eigenvalue weighted by atomic mass is 10.0. The van der Waals surface area contributed by atoms with Gasteiger partial charge in [-0.25, -0.2) is 9.50 Å². The summed E-state index contributed by atoms with van der Waals surface area (Å²) in [5.41, 5.74) is 1.73. The van der Waals surface area contributed by atoms with E-state index in [1.54, 1.807) is 6.92 Å². The topological polar surface area (TPSA) is 103 Å². The molecule has 1 fully saturated rings. The van der Waals surface area contributed by atoms with Gasteiger partial charge in [-0.3, -0.25) is 19.6 Å². The third kappa shape index (κ3) is 3.56. The molecule has 3 aromatic rings. The van der Waals surface area contributed by atoms with Gasteiger partial charge in [0, 0.05) is 37.0 Å². The molecule has 1 aromatic carbocycles. The minimum absolute atomic E-state index is 0.0291. The Labute approximate surface area is 161 Å². The summed E-state index contributed by atoms with van der Waals surface area (Å²) in [5.74, 6) is -0.258. The molecule has 0 spiro atoms. The molecular weight excluding hydrogens is 358 g/mol. The van der Waals surface area contributed by atoms with Crippen LogP contribution in [-0.4, -0.2) is 55.9 Å². The van der Waals surface area contributed by atoms with E-state index in [2.05, 4.69) is 15.4 Å². The van der Waals surface area contributed by atoms with Gasteiger partial charge in [0.1, 0.15) is 11.8 Å². The average Bonchev–Trinajstić information content (AvgIpc) is 3.14. The maximum Gasteiger partial charge on any atom is 0.273 e. The highest BCUT2D eigenvalue weighted by Gasteiger charge is 2.24. The van der Waals surface area contributed by atoms with Crippen LogP contribution < -0.4 is 10.9 Å². The Morgan fingerprint density at radius 3 is 2.68 bits per heavy atom. The predicted octanol–water partition coefficient (Wildman–Crippen LogP) is 1.22. The fourth-order valence-corrected chi connectivity index (χ4v) is 3.59. The predicted molar refractivity (Wildman–Crippen MR) is 105 cm³/mol. The van der Waals surface area contributed by atoms with Crippen LogP contribution >= 0.6 is 0 Å². The quantitative estimate of drug-likeness (QED) is 0.631. The molecule has 1 unspecified atom stereocenters. The van der Waals surface area contributed by atoms with E-state index in [0.29, 0.717) is 16.9 Å². The van der Waals surface area contributed by atoms with Crippen molar-refractivity contribution in [3.63, 3.8) is 0 Å². The first-order valence-corrected chi connectivity index (χ1v) is 9.42. The number of hydrogen-bond acceptors (Lipinski definition) is 5. The standard InChI is InChI=1S/C20H23N5O3/c1-13(26)24-9-7-15(8-10-24)22-20(28)16-12-21-25-18(27)11-17(23-19(16)25)14-5-3-2-4-6-14/h2-6,11-13,15,21,26H,7-10H2,1H3,(H,22,28). The molecule has 2 aromatic heterocycles. The zero-order valence-electron chi connectivity index (χ0n) is 15.6. The molecule has 8 nitrogen and oxygen atoms in total. The smallest absolute Gasteiger partial charge is 0.273 e.